The number of carbonyl (C=O) groups excluding carboxylic acids is 2. The second-order valence-corrected chi connectivity index (χ2v) is 7.42. The second-order valence-electron chi connectivity index (χ2n) is 5.56. The highest BCUT2D eigenvalue weighted by Gasteiger charge is 2.17. The molecular weight excluding hydrogens is 346 g/mol. The number of likely N-dealkylation sites (tertiary alicyclic amines) is 1. The molecule has 0 atom stereocenters. The van der Waals surface area contributed by atoms with Crippen LogP contribution in [0.15, 0.2) is 22.8 Å². The standard InChI is InChI=1S/C16H19N3O3S2/c20-13(19-6-3-1-2-4-7-19)9-22-14(21)10-24-16-12-5-8-23-15(12)17-11-18-16/h5,8,11H,1-4,6-7,9-10H2. The van der Waals surface area contributed by atoms with Gasteiger partial charge in [0.05, 0.1) is 5.75 Å². The van der Waals surface area contributed by atoms with E-state index in [0.717, 1.165) is 54.0 Å². The van der Waals surface area contributed by atoms with Crippen LogP contribution in [0.5, 0.6) is 0 Å². The van der Waals surface area contributed by atoms with E-state index in [0.29, 0.717) is 0 Å². The third kappa shape index (κ3) is 4.45. The molecule has 0 unspecified atom stereocenters. The normalized spacial score (nSPS) is 15.2. The highest BCUT2D eigenvalue weighted by atomic mass is 32.2. The van der Waals surface area contributed by atoms with Crippen LogP contribution < -0.4 is 0 Å². The van der Waals surface area contributed by atoms with Crippen molar-refractivity contribution < 1.29 is 14.3 Å². The third-order valence-electron chi connectivity index (χ3n) is 3.87. The molecule has 0 saturated carbocycles. The van der Waals surface area contributed by atoms with Gasteiger partial charge in [0.15, 0.2) is 6.61 Å². The molecule has 0 radical (unpaired) electrons. The molecular formula is C16H19N3O3S2. The fraction of sp³-hybridized carbons (Fsp3) is 0.500. The van der Waals surface area contributed by atoms with E-state index in [4.69, 9.17) is 4.74 Å². The van der Waals surface area contributed by atoms with E-state index >= 15 is 0 Å². The van der Waals surface area contributed by atoms with Gasteiger partial charge in [-0.2, -0.15) is 0 Å². The molecule has 0 spiro atoms. The minimum Gasteiger partial charge on any atom is -0.455 e. The van der Waals surface area contributed by atoms with Crippen LogP contribution in [0.25, 0.3) is 10.2 Å². The van der Waals surface area contributed by atoms with Crippen molar-refractivity contribution in [2.45, 2.75) is 30.7 Å². The van der Waals surface area contributed by atoms with E-state index < -0.39 is 5.97 Å². The van der Waals surface area contributed by atoms with Gasteiger partial charge in [-0.05, 0) is 24.3 Å². The monoisotopic (exact) mass is 365 g/mol. The first-order valence-electron chi connectivity index (χ1n) is 7.98. The number of carbonyl (C=O) groups is 2. The number of thioether (sulfide) groups is 1. The van der Waals surface area contributed by atoms with E-state index in [1.807, 2.05) is 11.4 Å². The number of rotatable bonds is 5. The largest absolute Gasteiger partial charge is 0.455 e. The Hall–Kier alpha value is -1.67. The van der Waals surface area contributed by atoms with Crippen molar-refractivity contribution in [1.29, 1.82) is 0 Å². The maximum Gasteiger partial charge on any atom is 0.316 e. The molecule has 1 fully saturated rings. The van der Waals surface area contributed by atoms with Gasteiger partial charge >= 0.3 is 5.97 Å². The lowest BCUT2D eigenvalue weighted by atomic mass is 10.2. The first kappa shape index (κ1) is 17.2. The van der Waals surface area contributed by atoms with Crippen LogP contribution in [0.1, 0.15) is 25.7 Å². The molecule has 24 heavy (non-hydrogen) atoms. The highest BCUT2D eigenvalue weighted by molar-refractivity contribution is 8.00. The Bertz CT molecular complexity index is 711. The van der Waals surface area contributed by atoms with E-state index in [9.17, 15) is 9.59 Å². The number of aromatic nitrogens is 2. The Morgan fingerprint density at radius 2 is 2.00 bits per heavy atom. The summed E-state index contributed by atoms with van der Waals surface area (Å²) in [5.74, 6) is -0.363. The molecule has 0 bridgehead atoms. The maximum absolute atomic E-state index is 12.1. The zero-order valence-corrected chi connectivity index (χ0v) is 14.9. The average molecular weight is 365 g/mol. The van der Waals surface area contributed by atoms with Crippen LogP contribution in [0.2, 0.25) is 0 Å². The Morgan fingerprint density at radius 3 is 2.79 bits per heavy atom. The molecule has 1 aliphatic rings. The van der Waals surface area contributed by atoms with Crippen molar-refractivity contribution in [3.05, 3.63) is 17.8 Å². The van der Waals surface area contributed by atoms with Gasteiger partial charge < -0.3 is 9.64 Å². The van der Waals surface area contributed by atoms with Gasteiger partial charge in [-0.25, -0.2) is 9.97 Å². The number of thiophene rings is 1. The van der Waals surface area contributed by atoms with E-state index in [1.54, 1.807) is 4.90 Å². The average Bonchev–Trinajstić information content (AvgIpc) is 2.92. The number of hydrogen-bond acceptors (Lipinski definition) is 7. The fourth-order valence-electron chi connectivity index (χ4n) is 2.60. The third-order valence-corrected chi connectivity index (χ3v) is 5.67. The number of ether oxygens (including phenoxy) is 1. The van der Waals surface area contributed by atoms with Crippen molar-refractivity contribution >= 4 is 45.2 Å². The first-order valence-corrected chi connectivity index (χ1v) is 9.85. The lowest BCUT2D eigenvalue weighted by Crippen LogP contribution is -2.35. The predicted molar refractivity (Wildman–Crippen MR) is 94.1 cm³/mol. The Labute approximate surface area is 148 Å². The molecule has 0 aromatic carbocycles. The Kier molecular flexibility index (Phi) is 6.03. The molecule has 0 N–H and O–H groups in total. The van der Waals surface area contributed by atoms with Crippen LogP contribution in [-0.4, -0.2) is 52.2 Å². The van der Waals surface area contributed by atoms with Crippen LogP contribution in [0.3, 0.4) is 0 Å². The number of esters is 1. The number of fused-ring (bicyclic) bond motifs is 1. The number of hydrogen-bond donors (Lipinski definition) is 0. The van der Waals surface area contributed by atoms with Crippen molar-refractivity contribution in [1.82, 2.24) is 14.9 Å². The molecule has 2 aromatic heterocycles. The number of amides is 1. The molecule has 3 heterocycles. The van der Waals surface area contributed by atoms with Crippen molar-refractivity contribution in [2.75, 3.05) is 25.4 Å². The highest BCUT2D eigenvalue weighted by Crippen LogP contribution is 2.27. The zero-order valence-electron chi connectivity index (χ0n) is 13.3. The van der Waals surface area contributed by atoms with Gasteiger partial charge in [0.25, 0.3) is 5.91 Å². The van der Waals surface area contributed by atoms with Crippen molar-refractivity contribution in [3.8, 4) is 0 Å². The van der Waals surface area contributed by atoms with Gasteiger partial charge in [-0.15, -0.1) is 11.3 Å². The van der Waals surface area contributed by atoms with Crippen LogP contribution in [-0.2, 0) is 14.3 Å². The smallest absolute Gasteiger partial charge is 0.316 e. The predicted octanol–water partition coefficient (Wildman–Crippen LogP) is 2.73. The summed E-state index contributed by atoms with van der Waals surface area (Å²) in [7, 11) is 0. The summed E-state index contributed by atoms with van der Waals surface area (Å²) in [5, 5.41) is 3.65. The van der Waals surface area contributed by atoms with Crippen LogP contribution >= 0.6 is 23.1 Å². The Balaban J connectivity index is 1.45. The topological polar surface area (TPSA) is 72.4 Å². The molecule has 8 heteroatoms. The summed E-state index contributed by atoms with van der Waals surface area (Å²) in [6.07, 6.45) is 5.88. The Morgan fingerprint density at radius 1 is 1.21 bits per heavy atom. The molecule has 128 valence electrons. The molecule has 6 nitrogen and oxygen atoms in total. The second kappa shape index (κ2) is 8.43. The van der Waals surface area contributed by atoms with Gasteiger partial charge in [0, 0.05) is 18.5 Å². The lowest BCUT2D eigenvalue weighted by Gasteiger charge is -2.19. The summed E-state index contributed by atoms with van der Waals surface area (Å²) in [6.45, 7) is 1.36. The van der Waals surface area contributed by atoms with Gasteiger partial charge in [-0.3, -0.25) is 9.59 Å². The minimum atomic E-state index is -0.398. The van der Waals surface area contributed by atoms with Crippen molar-refractivity contribution in [2.24, 2.45) is 0 Å². The van der Waals surface area contributed by atoms with E-state index in [-0.39, 0.29) is 18.3 Å². The minimum absolute atomic E-state index is 0.0995. The van der Waals surface area contributed by atoms with Gasteiger partial charge in [0.2, 0.25) is 0 Å². The summed E-state index contributed by atoms with van der Waals surface area (Å²) in [5.41, 5.74) is 0. The molecule has 1 aliphatic heterocycles. The van der Waals surface area contributed by atoms with Crippen LogP contribution in [0.4, 0.5) is 0 Å². The van der Waals surface area contributed by atoms with Crippen LogP contribution in [0, 0.1) is 0 Å². The van der Waals surface area contributed by atoms with E-state index in [1.165, 1.54) is 29.4 Å². The maximum atomic E-state index is 12.1. The summed E-state index contributed by atoms with van der Waals surface area (Å²) >= 11 is 2.85. The van der Waals surface area contributed by atoms with Crippen molar-refractivity contribution in [3.63, 3.8) is 0 Å². The fourth-order valence-corrected chi connectivity index (χ4v) is 4.18. The molecule has 0 aliphatic carbocycles. The number of nitrogens with zero attached hydrogens (tertiary/aromatic N) is 3. The van der Waals surface area contributed by atoms with E-state index in [2.05, 4.69) is 9.97 Å². The zero-order chi connectivity index (χ0) is 16.8. The van der Waals surface area contributed by atoms with Gasteiger partial charge in [0.1, 0.15) is 16.2 Å². The molecule has 1 amide bonds. The molecule has 2 aromatic rings. The summed E-state index contributed by atoms with van der Waals surface area (Å²) < 4.78 is 5.12. The summed E-state index contributed by atoms with van der Waals surface area (Å²) in [6, 6.07) is 1.94. The van der Waals surface area contributed by atoms with Gasteiger partial charge in [-0.1, -0.05) is 24.6 Å². The SMILES string of the molecule is O=C(CSc1ncnc2sccc12)OCC(=O)N1CCCCCC1. The molecule has 3 rings (SSSR count). The summed E-state index contributed by atoms with van der Waals surface area (Å²) in [4.78, 5) is 35.1. The first-order chi connectivity index (χ1) is 11.7. The lowest BCUT2D eigenvalue weighted by molar-refractivity contribution is -0.149. The quantitative estimate of drug-likeness (QED) is 0.461. The molecule has 1 saturated heterocycles.